The van der Waals surface area contributed by atoms with Gasteiger partial charge in [-0.3, -0.25) is 14.4 Å². The summed E-state index contributed by atoms with van der Waals surface area (Å²) in [6.45, 7) is 6.04. The van der Waals surface area contributed by atoms with Crippen molar-refractivity contribution >= 4 is 40.7 Å². The van der Waals surface area contributed by atoms with E-state index < -0.39 is 30.4 Å². The Morgan fingerprint density at radius 3 is 2.19 bits per heavy atom. The van der Waals surface area contributed by atoms with Crippen molar-refractivity contribution in [3.8, 4) is 28.3 Å². The molecule has 0 saturated carbocycles. The lowest BCUT2D eigenvalue weighted by molar-refractivity contribution is -0.138. The number of amides is 2. The molecule has 5 aromatic rings. The zero-order chi connectivity index (χ0) is 34.3. The van der Waals surface area contributed by atoms with E-state index >= 15 is 0 Å². The number of hydrogen-bond donors (Lipinski definition) is 3. The van der Waals surface area contributed by atoms with E-state index in [-0.39, 0.29) is 11.8 Å². The second kappa shape index (κ2) is 15.2. The van der Waals surface area contributed by atoms with Crippen molar-refractivity contribution in [2.24, 2.45) is 0 Å². The lowest BCUT2D eigenvalue weighted by Crippen LogP contribution is -2.49. The Morgan fingerprint density at radius 1 is 0.875 bits per heavy atom. The van der Waals surface area contributed by atoms with Crippen LogP contribution in [0.1, 0.15) is 46.4 Å². The first-order chi connectivity index (χ1) is 23.0. The molecule has 3 aromatic carbocycles. The van der Waals surface area contributed by atoms with Crippen LogP contribution in [0.2, 0.25) is 5.02 Å². The number of carbonyl (C=O) groups is 3. The summed E-state index contributed by atoms with van der Waals surface area (Å²) in [5.74, 6) is -1.06. The van der Waals surface area contributed by atoms with E-state index in [2.05, 4.69) is 41.4 Å². The second-order valence-corrected chi connectivity index (χ2v) is 13.7. The maximum Gasteiger partial charge on any atom is 0.322 e. The molecular formula is C37H35ClN4O5S. The number of aromatic nitrogens is 2. The van der Waals surface area contributed by atoms with E-state index in [9.17, 15) is 14.4 Å². The highest BCUT2D eigenvalue weighted by Crippen LogP contribution is 2.32. The molecule has 0 radical (unpaired) electrons. The predicted octanol–water partition coefficient (Wildman–Crippen LogP) is 6.94. The number of hydrogen-bond acceptors (Lipinski definition) is 7. The molecule has 5 rings (SSSR count). The molecule has 0 aliphatic carbocycles. The molecule has 3 N–H and O–H groups in total. The molecule has 1 atom stereocenters. The van der Waals surface area contributed by atoms with E-state index in [0.29, 0.717) is 28.1 Å². The van der Waals surface area contributed by atoms with Crippen LogP contribution in [-0.2, 0) is 28.0 Å². The number of nitrogens with zero attached hydrogens (tertiary/aromatic N) is 2. The summed E-state index contributed by atoms with van der Waals surface area (Å²) in [5.41, 5.74) is 4.09. The van der Waals surface area contributed by atoms with Gasteiger partial charge >= 0.3 is 5.97 Å². The highest BCUT2D eigenvalue weighted by atomic mass is 35.5. The quantitative estimate of drug-likeness (QED) is 0.130. The van der Waals surface area contributed by atoms with E-state index in [1.807, 2.05) is 78.9 Å². The normalized spacial score (nSPS) is 11.8. The van der Waals surface area contributed by atoms with Gasteiger partial charge in [-0.25, -0.2) is 9.97 Å². The summed E-state index contributed by atoms with van der Waals surface area (Å²) in [4.78, 5) is 47.7. The molecule has 2 aromatic heterocycles. The Morgan fingerprint density at radius 2 is 1.56 bits per heavy atom. The molecule has 0 spiro atoms. The van der Waals surface area contributed by atoms with Gasteiger partial charge in [-0.2, -0.15) is 0 Å². The minimum absolute atomic E-state index is 0.120. The van der Waals surface area contributed by atoms with Crippen molar-refractivity contribution in [2.45, 2.75) is 45.3 Å². The topological polar surface area (TPSA) is 131 Å². The van der Waals surface area contributed by atoms with Gasteiger partial charge in [-0.15, -0.1) is 11.3 Å². The van der Waals surface area contributed by atoms with Crippen LogP contribution in [0.5, 0.6) is 5.75 Å². The van der Waals surface area contributed by atoms with Crippen LogP contribution < -0.4 is 15.4 Å². The van der Waals surface area contributed by atoms with E-state index in [1.165, 1.54) is 11.3 Å². The monoisotopic (exact) mass is 682 g/mol. The zero-order valence-corrected chi connectivity index (χ0v) is 28.3. The molecule has 9 nitrogen and oxygen atoms in total. The summed E-state index contributed by atoms with van der Waals surface area (Å²) >= 11 is 7.87. The first kappa shape index (κ1) is 34.3. The van der Waals surface area contributed by atoms with Crippen LogP contribution in [-0.4, -0.2) is 45.4 Å². The molecule has 2 amide bonds. The van der Waals surface area contributed by atoms with Crippen LogP contribution >= 0.6 is 22.9 Å². The number of ether oxygens (including phenoxy) is 1. The van der Waals surface area contributed by atoms with Crippen LogP contribution in [0.25, 0.3) is 22.5 Å². The lowest BCUT2D eigenvalue weighted by atomic mass is 9.95. The molecule has 0 aliphatic rings. The molecule has 2 heterocycles. The maximum atomic E-state index is 13.1. The third-order valence-electron chi connectivity index (χ3n) is 7.41. The van der Waals surface area contributed by atoms with Crippen molar-refractivity contribution < 1.29 is 24.2 Å². The van der Waals surface area contributed by atoms with Gasteiger partial charge in [0.05, 0.1) is 9.90 Å². The number of carbonyl (C=O) groups excluding carboxylic acids is 2. The van der Waals surface area contributed by atoms with Gasteiger partial charge in [-0.05, 0) is 46.4 Å². The highest BCUT2D eigenvalue weighted by molar-refractivity contribution is 7.14. The van der Waals surface area contributed by atoms with Gasteiger partial charge in [0.15, 0.2) is 5.82 Å². The molecule has 48 heavy (non-hydrogen) atoms. The molecular weight excluding hydrogens is 648 g/mol. The summed E-state index contributed by atoms with van der Waals surface area (Å²) < 4.78 is 5.88. The Labute approximate surface area is 288 Å². The first-order valence-corrected chi connectivity index (χ1v) is 16.4. The molecule has 11 heteroatoms. The highest BCUT2D eigenvalue weighted by Gasteiger charge is 2.25. The average molecular weight is 683 g/mol. The Kier molecular flexibility index (Phi) is 10.9. The number of halogens is 1. The first-order valence-electron chi connectivity index (χ1n) is 15.2. The molecule has 0 fully saturated rings. The van der Waals surface area contributed by atoms with Gasteiger partial charge in [0.2, 0.25) is 5.91 Å². The van der Waals surface area contributed by atoms with Gasteiger partial charge in [-0.1, -0.05) is 93.0 Å². The summed E-state index contributed by atoms with van der Waals surface area (Å²) in [7, 11) is 0. The fourth-order valence-electron chi connectivity index (χ4n) is 4.77. The lowest BCUT2D eigenvalue weighted by Gasteiger charge is -2.18. The van der Waals surface area contributed by atoms with Crippen molar-refractivity contribution in [1.29, 1.82) is 0 Å². The van der Waals surface area contributed by atoms with Crippen LogP contribution in [0, 0.1) is 0 Å². The maximum absolute atomic E-state index is 13.1. The summed E-state index contributed by atoms with van der Waals surface area (Å²) in [6.07, 6.45) is 3.60. The number of rotatable bonds is 12. The number of nitrogens with one attached hydrogen (secondary N) is 2. The SMILES string of the molecule is CC(C)(C)c1ccc(C(=O)NC(Cc2ccc(-c3ncc(-c4ccc(OCc5ccccc5)c(Cl)c4)cn3)cc2)C(=O)NCC(=O)O)s1. The smallest absolute Gasteiger partial charge is 0.322 e. The number of carboxylic acids is 1. The van der Waals surface area contributed by atoms with Crippen LogP contribution in [0.4, 0.5) is 0 Å². The van der Waals surface area contributed by atoms with Crippen LogP contribution in [0.3, 0.4) is 0 Å². The van der Waals surface area contributed by atoms with E-state index in [0.717, 1.165) is 32.7 Å². The van der Waals surface area contributed by atoms with E-state index in [4.69, 9.17) is 21.4 Å². The Balaban J connectivity index is 1.25. The fraction of sp³-hybridized carbons (Fsp3) is 0.216. The number of thiophene rings is 1. The standard InChI is InChI=1S/C37H35ClN4O5S/c1-37(2,3)32-16-15-31(48-32)36(46)42-29(35(45)41-21-33(43)44)17-23-9-11-25(12-10-23)34-39-19-27(20-40-34)26-13-14-30(28(38)18-26)47-22-24-7-5-4-6-8-24/h4-16,18-20,29H,17,21-22H2,1-3H3,(H,41,45)(H,42,46)(H,43,44). The van der Waals surface area contributed by atoms with Crippen molar-refractivity contribution in [2.75, 3.05) is 6.54 Å². The predicted molar refractivity (Wildman–Crippen MR) is 187 cm³/mol. The van der Waals surface area contributed by atoms with Gasteiger partial charge in [0.1, 0.15) is 24.9 Å². The second-order valence-electron chi connectivity index (χ2n) is 12.2. The fourth-order valence-corrected chi connectivity index (χ4v) is 5.97. The van der Waals surface area contributed by atoms with Crippen molar-refractivity contribution in [1.82, 2.24) is 20.6 Å². The molecule has 0 bridgehead atoms. The molecule has 1 unspecified atom stereocenters. The number of carboxylic acid groups (broad SMARTS) is 1. The van der Waals surface area contributed by atoms with Gasteiger partial charge in [0.25, 0.3) is 5.91 Å². The Hall–Kier alpha value is -5.06. The van der Waals surface area contributed by atoms with E-state index in [1.54, 1.807) is 18.5 Å². The largest absolute Gasteiger partial charge is 0.487 e. The Bertz CT molecular complexity index is 1890. The summed E-state index contributed by atoms with van der Waals surface area (Å²) in [5, 5.41) is 14.7. The minimum atomic E-state index is -1.18. The average Bonchev–Trinajstić information content (AvgIpc) is 3.59. The minimum Gasteiger partial charge on any atom is -0.487 e. The zero-order valence-electron chi connectivity index (χ0n) is 26.7. The molecule has 0 aliphatic heterocycles. The molecule has 246 valence electrons. The number of benzene rings is 3. The van der Waals surface area contributed by atoms with Crippen molar-refractivity contribution in [3.05, 3.63) is 123 Å². The third-order valence-corrected chi connectivity index (χ3v) is 9.22. The van der Waals surface area contributed by atoms with Gasteiger partial charge in [0, 0.05) is 34.8 Å². The molecule has 0 saturated heterocycles. The third kappa shape index (κ3) is 9.05. The van der Waals surface area contributed by atoms with Crippen LogP contribution in [0.15, 0.2) is 97.3 Å². The number of aliphatic carboxylic acids is 1. The summed E-state index contributed by atoms with van der Waals surface area (Å²) in [6, 6.07) is 25.4. The van der Waals surface area contributed by atoms with Gasteiger partial charge < -0.3 is 20.5 Å². The van der Waals surface area contributed by atoms with Crippen molar-refractivity contribution in [3.63, 3.8) is 0 Å².